The number of hydrogen-bond donors (Lipinski definition) is 0. The molecule has 0 spiro atoms. The van der Waals surface area contributed by atoms with Crippen LogP contribution >= 0.6 is 23.5 Å². The molecule has 0 aromatic carbocycles. The summed E-state index contributed by atoms with van der Waals surface area (Å²) < 4.78 is 32.1. The second kappa shape index (κ2) is 14.6. The zero-order chi connectivity index (χ0) is 26.7. The molecule has 194 valence electrons. The number of hydrogen-bond acceptors (Lipinski definition) is 14. The Bertz CT molecular complexity index is 898. The molecule has 0 unspecified atom stereocenters. The van der Waals surface area contributed by atoms with Gasteiger partial charge in [-0.25, -0.2) is 4.79 Å². The fourth-order valence-electron chi connectivity index (χ4n) is 2.98. The summed E-state index contributed by atoms with van der Waals surface area (Å²) in [6, 6.07) is 1.79. The van der Waals surface area contributed by atoms with Gasteiger partial charge in [0.05, 0.1) is 10.8 Å². The summed E-state index contributed by atoms with van der Waals surface area (Å²) in [7, 11) is 0. The molecule has 1 aliphatic rings. The van der Waals surface area contributed by atoms with Gasteiger partial charge in [0, 0.05) is 27.7 Å². The van der Waals surface area contributed by atoms with Crippen molar-refractivity contribution in [3.63, 3.8) is 0 Å². The van der Waals surface area contributed by atoms with Crippen molar-refractivity contribution in [2.24, 2.45) is 0 Å². The van der Waals surface area contributed by atoms with Crippen LogP contribution in [0.1, 0.15) is 34.6 Å². The SMILES string of the molecule is CCOC(=O)/C(C#N)=C(\SC)S[C@@H]1O[C@H](COC(C)=O)[C@H](OC(C)=O)[C@H](OC(C)=O)[C@H]1OC(C)=O. The van der Waals surface area contributed by atoms with E-state index in [9.17, 15) is 29.2 Å². The minimum Gasteiger partial charge on any atom is -0.463 e. The summed E-state index contributed by atoms with van der Waals surface area (Å²) in [4.78, 5) is 59.3. The highest BCUT2D eigenvalue weighted by atomic mass is 32.2. The van der Waals surface area contributed by atoms with Crippen LogP contribution in [0, 0.1) is 11.3 Å². The van der Waals surface area contributed by atoms with Crippen LogP contribution in [0.25, 0.3) is 0 Å². The fraction of sp³-hybridized carbons (Fsp3) is 0.619. The largest absolute Gasteiger partial charge is 0.463 e. The maximum Gasteiger partial charge on any atom is 0.350 e. The summed E-state index contributed by atoms with van der Waals surface area (Å²) in [5.41, 5.74) is -1.48. The Labute approximate surface area is 210 Å². The second-order valence-corrected chi connectivity index (χ2v) is 9.07. The van der Waals surface area contributed by atoms with E-state index >= 15 is 0 Å². The Hall–Kier alpha value is -2.76. The Balaban J connectivity index is 3.57. The van der Waals surface area contributed by atoms with Gasteiger partial charge in [0.1, 0.15) is 24.2 Å². The summed E-state index contributed by atoms with van der Waals surface area (Å²) in [6.07, 6.45) is -3.54. The van der Waals surface area contributed by atoms with E-state index in [0.717, 1.165) is 51.2 Å². The lowest BCUT2D eigenvalue weighted by Gasteiger charge is -2.44. The molecule has 14 heteroatoms. The molecule has 0 radical (unpaired) electrons. The molecule has 0 saturated carbocycles. The van der Waals surface area contributed by atoms with Crippen molar-refractivity contribution in [1.29, 1.82) is 5.26 Å². The fourth-order valence-corrected chi connectivity index (χ4v) is 4.98. The highest BCUT2D eigenvalue weighted by molar-refractivity contribution is 8.22. The van der Waals surface area contributed by atoms with E-state index < -0.39 is 66.3 Å². The van der Waals surface area contributed by atoms with Gasteiger partial charge in [0.2, 0.25) is 0 Å². The molecule has 5 atom stereocenters. The number of ether oxygens (including phenoxy) is 6. The Morgan fingerprint density at radius 1 is 0.857 bits per heavy atom. The lowest BCUT2D eigenvalue weighted by molar-refractivity contribution is -0.237. The maximum absolute atomic E-state index is 12.3. The van der Waals surface area contributed by atoms with Crippen molar-refractivity contribution in [2.45, 2.75) is 64.5 Å². The molecular formula is C21H27NO11S2. The van der Waals surface area contributed by atoms with Crippen molar-refractivity contribution >= 4 is 53.4 Å². The Kier molecular flexibility index (Phi) is 12.6. The van der Waals surface area contributed by atoms with Gasteiger partial charge in [-0.05, 0) is 13.2 Å². The van der Waals surface area contributed by atoms with E-state index in [4.69, 9.17) is 28.4 Å². The van der Waals surface area contributed by atoms with E-state index in [-0.39, 0.29) is 16.4 Å². The topological polar surface area (TPSA) is 165 Å². The molecule has 1 heterocycles. The van der Waals surface area contributed by atoms with Crippen LogP contribution < -0.4 is 0 Å². The third kappa shape index (κ3) is 9.42. The van der Waals surface area contributed by atoms with Crippen LogP contribution in [0.15, 0.2) is 9.81 Å². The zero-order valence-corrected chi connectivity index (χ0v) is 21.7. The van der Waals surface area contributed by atoms with Gasteiger partial charge in [-0.15, -0.1) is 11.8 Å². The first-order chi connectivity index (χ1) is 16.4. The molecule has 0 aromatic rings. The molecule has 0 aliphatic carbocycles. The average Bonchev–Trinajstić information content (AvgIpc) is 2.75. The maximum atomic E-state index is 12.3. The number of thioether (sulfide) groups is 2. The molecule has 0 amide bonds. The normalized spacial score (nSPS) is 24.2. The second-order valence-electron chi connectivity index (χ2n) is 6.88. The van der Waals surface area contributed by atoms with Crippen molar-refractivity contribution in [3.8, 4) is 6.07 Å². The van der Waals surface area contributed by atoms with Crippen LogP contribution in [0.2, 0.25) is 0 Å². The highest BCUT2D eigenvalue weighted by Gasteiger charge is 2.52. The van der Waals surface area contributed by atoms with E-state index in [1.165, 1.54) is 0 Å². The third-order valence-corrected chi connectivity index (χ3v) is 6.55. The van der Waals surface area contributed by atoms with E-state index in [2.05, 4.69) is 0 Å². The van der Waals surface area contributed by atoms with Crippen LogP contribution in [0.3, 0.4) is 0 Å². The minimum absolute atomic E-state index is 0.0371. The molecule has 1 saturated heterocycles. The monoisotopic (exact) mass is 533 g/mol. The van der Waals surface area contributed by atoms with Crippen molar-refractivity contribution in [1.82, 2.24) is 0 Å². The Morgan fingerprint density at radius 2 is 1.40 bits per heavy atom. The standard InChI is InChI=1S/C21H27NO11S2/c1-7-28-19(27)14(8-22)21(34-6)35-20-18(32-13(5)26)17(31-12(4)25)16(30-11(3)24)15(33-20)9-29-10(2)23/h15-18,20H,7,9H2,1-6H3/b21-14+/t15-,16+,17+,18-,20+/m1/s1. The lowest BCUT2D eigenvalue weighted by atomic mass is 9.99. The molecule has 35 heavy (non-hydrogen) atoms. The minimum atomic E-state index is -1.36. The van der Waals surface area contributed by atoms with Gasteiger partial charge >= 0.3 is 29.8 Å². The molecule has 1 rings (SSSR count). The summed E-state index contributed by atoms with van der Waals surface area (Å²) in [5, 5.41) is 9.53. The van der Waals surface area contributed by atoms with Crippen LogP contribution in [0.4, 0.5) is 0 Å². The van der Waals surface area contributed by atoms with Crippen molar-refractivity contribution in [2.75, 3.05) is 19.5 Å². The van der Waals surface area contributed by atoms with E-state index in [1.807, 2.05) is 0 Å². The molecule has 0 bridgehead atoms. The van der Waals surface area contributed by atoms with E-state index in [0.29, 0.717) is 0 Å². The first-order valence-electron chi connectivity index (χ1n) is 10.3. The molecule has 0 N–H and O–H groups in total. The summed E-state index contributed by atoms with van der Waals surface area (Å²) in [5.74, 6) is -3.80. The third-order valence-electron chi connectivity index (χ3n) is 4.15. The highest BCUT2D eigenvalue weighted by Crippen LogP contribution is 2.41. The van der Waals surface area contributed by atoms with E-state index in [1.54, 1.807) is 19.2 Å². The zero-order valence-electron chi connectivity index (χ0n) is 20.1. The number of nitriles is 1. The van der Waals surface area contributed by atoms with Crippen LogP contribution in [0.5, 0.6) is 0 Å². The molecular weight excluding hydrogens is 506 g/mol. The Morgan fingerprint density at radius 3 is 1.86 bits per heavy atom. The van der Waals surface area contributed by atoms with Crippen LogP contribution in [-0.2, 0) is 52.4 Å². The van der Waals surface area contributed by atoms with Gasteiger partial charge < -0.3 is 28.4 Å². The molecule has 12 nitrogen and oxygen atoms in total. The molecule has 0 aromatic heterocycles. The van der Waals surface area contributed by atoms with Crippen molar-refractivity contribution < 1.29 is 52.4 Å². The van der Waals surface area contributed by atoms with Crippen LogP contribution in [-0.4, -0.2) is 79.2 Å². The van der Waals surface area contributed by atoms with Crippen molar-refractivity contribution in [3.05, 3.63) is 9.81 Å². The van der Waals surface area contributed by atoms with Gasteiger partial charge in [-0.3, -0.25) is 19.2 Å². The molecule has 1 aliphatic heterocycles. The predicted molar refractivity (Wildman–Crippen MR) is 122 cm³/mol. The first kappa shape index (κ1) is 30.3. The molecule has 1 fully saturated rings. The summed E-state index contributed by atoms with van der Waals surface area (Å²) >= 11 is 1.88. The number of rotatable bonds is 10. The lowest BCUT2D eigenvalue weighted by Crippen LogP contribution is -2.61. The predicted octanol–water partition coefficient (Wildman–Crippen LogP) is 1.46. The number of nitrogens with zero attached hydrogens (tertiary/aromatic N) is 1. The van der Waals surface area contributed by atoms with Gasteiger partial charge in [-0.1, -0.05) is 11.8 Å². The number of esters is 5. The number of carbonyl (C=O) groups excluding carboxylic acids is 5. The first-order valence-corrected chi connectivity index (χ1v) is 12.4. The van der Waals surface area contributed by atoms with Gasteiger partial charge in [0.25, 0.3) is 0 Å². The van der Waals surface area contributed by atoms with Gasteiger partial charge in [0.15, 0.2) is 23.9 Å². The summed E-state index contributed by atoms with van der Waals surface area (Å²) in [6.45, 7) is 5.72. The average molecular weight is 534 g/mol. The number of carbonyl (C=O) groups is 5. The van der Waals surface area contributed by atoms with Gasteiger partial charge in [-0.2, -0.15) is 5.26 Å². The quantitative estimate of drug-likeness (QED) is 0.171. The smallest absolute Gasteiger partial charge is 0.350 e.